The Balaban J connectivity index is 2.05. The van der Waals surface area contributed by atoms with Crippen LogP contribution in [0.25, 0.3) is 0 Å². The van der Waals surface area contributed by atoms with Gasteiger partial charge in [0.05, 0.1) is 0 Å². The topological polar surface area (TPSA) is 51.2 Å². The van der Waals surface area contributed by atoms with Gasteiger partial charge in [-0.3, -0.25) is 9.78 Å². The molecule has 0 unspecified atom stereocenters. The number of para-hydroxylation sites is 1. The minimum Gasteiger partial charge on any atom is -0.488 e. The Kier molecular flexibility index (Phi) is 4.58. The molecule has 1 amide bonds. The van der Waals surface area contributed by atoms with E-state index < -0.39 is 0 Å². The Bertz CT molecular complexity index is 604. The average molecular weight is 284 g/mol. The van der Waals surface area contributed by atoms with E-state index in [4.69, 9.17) is 4.74 Å². The monoisotopic (exact) mass is 284 g/mol. The maximum Gasteiger partial charge on any atom is 0.251 e. The zero-order valence-corrected chi connectivity index (χ0v) is 12.6. The Labute approximate surface area is 125 Å². The fourth-order valence-corrected chi connectivity index (χ4v) is 1.86. The van der Waals surface area contributed by atoms with Crippen molar-refractivity contribution in [3.63, 3.8) is 0 Å². The molecule has 0 atom stereocenters. The van der Waals surface area contributed by atoms with Crippen molar-refractivity contribution >= 4 is 5.91 Å². The molecule has 0 bridgehead atoms. The van der Waals surface area contributed by atoms with Crippen LogP contribution in [0.3, 0.4) is 0 Å². The highest BCUT2D eigenvalue weighted by atomic mass is 16.5. The van der Waals surface area contributed by atoms with E-state index in [9.17, 15) is 4.79 Å². The van der Waals surface area contributed by atoms with Crippen molar-refractivity contribution < 1.29 is 9.53 Å². The molecule has 0 saturated heterocycles. The standard InChI is InChI=1S/C17H20N2O2/c1-17(2,3)21-15-7-5-4-6-14(15)12-19-16(20)13-8-10-18-11-9-13/h4-11H,12H2,1-3H3,(H,19,20). The van der Waals surface area contributed by atoms with Gasteiger partial charge in [-0.05, 0) is 39.0 Å². The summed E-state index contributed by atoms with van der Waals surface area (Å²) in [7, 11) is 0. The summed E-state index contributed by atoms with van der Waals surface area (Å²) in [5.74, 6) is 0.669. The van der Waals surface area contributed by atoms with E-state index >= 15 is 0 Å². The first kappa shape index (κ1) is 15.0. The first-order chi connectivity index (χ1) is 9.96. The molecule has 0 aliphatic heterocycles. The first-order valence-electron chi connectivity index (χ1n) is 6.91. The van der Waals surface area contributed by atoms with Gasteiger partial charge < -0.3 is 10.1 Å². The summed E-state index contributed by atoms with van der Waals surface area (Å²) in [6, 6.07) is 11.1. The number of ether oxygens (including phenoxy) is 1. The summed E-state index contributed by atoms with van der Waals surface area (Å²) in [4.78, 5) is 15.9. The normalized spacial score (nSPS) is 11.0. The fraction of sp³-hybridized carbons (Fsp3) is 0.294. The van der Waals surface area contributed by atoms with Crippen molar-refractivity contribution in [3.8, 4) is 5.75 Å². The number of amides is 1. The van der Waals surface area contributed by atoms with E-state index in [0.717, 1.165) is 11.3 Å². The molecule has 0 fully saturated rings. The van der Waals surface area contributed by atoms with Gasteiger partial charge in [0.25, 0.3) is 5.91 Å². The van der Waals surface area contributed by atoms with E-state index in [1.807, 2.05) is 45.0 Å². The van der Waals surface area contributed by atoms with Crippen LogP contribution in [0.1, 0.15) is 36.7 Å². The number of nitrogens with one attached hydrogen (secondary N) is 1. The third-order valence-corrected chi connectivity index (χ3v) is 2.77. The maximum absolute atomic E-state index is 12.0. The summed E-state index contributed by atoms with van der Waals surface area (Å²) in [5.41, 5.74) is 1.28. The van der Waals surface area contributed by atoms with Crippen LogP contribution in [0.2, 0.25) is 0 Å². The van der Waals surface area contributed by atoms with Gasteiger partial charge in [-0.25, -0.2) is 0 Å². The SMILES string of the molecule is CC(C)(C)Oc1ccccc1CNC(=O)c1ccncc1. The molecule has 110 valence electrons. The molecule has 2 aromatic rings. The van der Waals surface area contributed by atoms with Crippen LogP contribution < -0.4 is 10.1 Å². The summed E-state index contributed by atoms with van der Waals surface area (Å²) < 4.78 is 5.91. The molecular weight excluding hydrogens is 264 g/mol. The number of hydrogen-bond acceptors (Lipinski definition) is 3. The molecule has 1 aromatic carbocycles. The summed E-state index contributed by atoms with van der Waals surface area (Å²) >= 11 is 0. The van der Waals surface area contributed by atoms with Crippen molar-refractivity contribution in [1.82, 2.24) is 10.3 Å². The van der Waals surface area contributed by atoms with Crippen LogP contribution in [0.5, 0.6) is 5.75 Å². The molecule has 0 radical (unpaired) electrons. The number of hydrogen-bond donors (Lipinski definition) is 1. The number of nitrogens with zero attached hydrogens (tertiary/aromatic N) is 1. The van der Waals surface area contributed by atoms with E-state index in [1.54, 1.807) is 24.5 Å². The molecular formula is C17H20N2O2. The Morgan fingerprint density at radius 3 is 2.48 bits per heavy atom. The molecule has 21 heavy (non-hydrogen) atoms. The van der Waals surface area contributed by atoms with Crippen LogP contribution in [-0.2, 0) is 6.54 Å². The van der Waals surface area contributed by atoms with Crippen molar-refractivity contribution in [1.29, 1.82) is 0 Å². The van der Waals surface area contributed by atoms with Crippen LogP contribution in [0.15, 0.2) is 48.8 Å². The predicted molar refractivity (Wildman–Crippen MR) is 82.2 cm³/mol. The number of carbonyl (C=O) groups is 1. The second-order valence-corrected chi connectivity index (χ2v) is 5.74. The Morgan fingerprint density at radius 2 is 1.81 bits per heavy atom. The van der Waals surface area contributed by atoms with Gasteiger partial charge in [0.15, 0.2) is 0 Å². The molecule has 1 heterocycles. The van der Waals surface area contributed by atoms with Gasteiger partial charge in [-0.15, -0.1) is 0 Å². The smallest absolute Gasteiger partial charge is 0.251 e. The first-order valence-corrected chi connectivity index (χ1v) is 6.91. The quantitative estimate of drug-likeness (QED) is 0.938. The zero-order valence-electron chi connectivity index (χ0n) is 12.6. The van der Waals surface area contributed by atoms with Crippen LogP contribution in [0, 0.1) is 0 Å². The molecule has 0 spiro atoms. The largest absolute Gasteiger partial charge is 0.488 e. The molecule has 4 heteroatoms. The second-order valence-electron chi connectivity index (χ2n) is 5.74. The Hall–Kier alpha value is -2.36. The number of benzene rings is 1. The van der Waals surface area contributed by atoms with Gasteiger partial charge in [0.2, 0.25) is 0 Å². The number of aromatic nitrogens is 1. The lowest BCUT2D eigenvalue weighted by Crippen LogP contribution is -2.26. The van der Waals surface area contributed by atoms with Crippen LogP contribution >= 0.6 is 0 Å². The molecule has 1 N–H and O–H groups in total. The van der Waals surface area contributed by atoms with E-state index in [2.05, 4.69) is 10.3 Å². The molecule has 0 aliphatic rings. The third kappa shape index (κ3) is 4.60. The van der Waals surface area contributed by atoms with Crippen LogP contribution in [-0.4, -0.2) is 16.5 Å². The maximum atomic E-state index is 12.0. The van der Waals surface area contributed by atoms with Gasteiger partial charge in [0.1, 0.15) is 11.4 Å². The van der Waals surface area contributed by atoms with Crippen molar-refractivity contribution in [2.75, 3.05) is 0 Å². The van der Waals surface area contributed by atoms with Crippen LogP contribution in [0.4, 0.5) is 0 Å². The molecule has 2 rings (SSSR count). The zero-order chi connectivity index (χ0) is 15.3. The van der Waals surface area contributed by atoms with Gasteiger partial charge in [-0.1, -0.05) is 18.2 Å². The molecule has 4 nitrogen and oxygen atoms in total. The highest BCUT2D eigenvalue weighted by molar-refractivity contribution is 5.93. The number of rotatable bonds is 4. The summed E-state index contributed by atoms with van der Waals surface area (Å²) in [6.07, 6.45) is 3.21. The van der Waals surface area contributed by atoms with Crippen molar-refractivity contribution in [3.05, 3.63) is 59.9 Å². The second kappa shape index (κ2) is 6.39. The summed E-state index contributed by atoms with van der Waals surface area (Å²) in [6.45, 7) is 6.42. The van der Waals surface area contributed by atoms with E-state index in [1.165, 1.54) is 0 Å². The average Bonchev–Trinajstić information content (AvgIpc) is 2.45. The third-order valence-electron chi connectivity index (χ3n) is 2.77. The van der Waals surface area contributed by atoms with Crippen molar-refractivity contribution in [2.45, 2.75) is 32.9 Å². The molecule has 0 aliphatic carbocycles. The minimum absolute atomic E-state index is 0.122. The molecule has 0 saturated carbocycles. The van der Waals surface area contributed by atoms with E-state index in [-0.39, 0.29) is 11.5 Å². The highest BCUT2D eigenvalue weighted by Crippen LogP contribution is 2.22. The number of carbonyl (C=O) groups excluding carboxylic acids is 1. The Morgan fingerprint density at radius 1 is 1.14 bits per heavy atom. The van der Waals surface area contributed by atoms with E-state index in [0.29, 0.717) is 12.1 Å². The molecule has 1 aromatic heterocycles. The lowest BCUT2D eigenvalue weighted by Gasteiger charge is -2.23. The van der Waals surface area contributed by atoms with Gasteiger partial charge >= 0.3 is 0 Å². The highest BCUT2D eigenvalue weighted by Gasteiger charge is 2.14. The lowest BCUT2D eigenvalue weighted by molar-refractivity contribution is 0.0949. The van der Waals surface area contributed by atoms with Gasteiger partial charge in [0, 0.05) is 30.1 Å². The predicted octanol–water partition coefficient (Wildman–Crippen LogP) is 3.19. The van der Waals surface area contributed by atoms with Gasteiger partial charge in [-0.2, -0.15) is 0 Å². The van der Waals surface area contributed by atoms with Crippen molar-refractivity contribution in [2.24, 2.45) is 0 Å². The summed E-state index contributed by atoms with van der Waals surface area (Å²) in [5, 5.41) is 2.89. The number of pyridine rings is 1. The minimum atomic E-state index is -0.273. The fourth-order valence-electron chi connectivity index (χ4n) is 1.86. The lowest BCUT2D eigenvalue weighted by atomic mass is 10.1.